The Hall–Kier alpha value is -1.72. The maximum Gasteiger partial charge on any atom is 0.153 e. The third kappa shape index (κ3) is 5.65. The number of hydrogen-bond acceptors (Lipinski definition) is 4. The second-order valence-electron chi connectivity index (χ2n) is 5.20. The summed E-state index contributed by atoms with van der Waals surface area (Å²) in [5.41, 5.74) is 0. The van der Waals surface area contributed by atoms with Gasteiger partial charge < -0.3 is 0 Å². The van der Waals surface area contributed by atoms with Crippen LogP contribution in [0.25, 0.3) is 0 Å². The van der Waals surface area contributed by atoms with Gasteiger partial charge in [0.15, 0.2) is 5.82 Å². The molecule has 2 aromatic rings. The molecule has 1 saturated carbocycles. The van der Waals surface area contributed by atoms with Gasteiger partial charge in [0.25, 0.3) is 0 Å². The van der Waals surface area contributed by atoms with Crippen LogP contribution in [0.1, 0.15) is 76.8 Å². The number of aromatic nitrogens is 6. The molecule has 0 aliphatic heterocycles. The van der Waals surface area contributed by atoms with E-state index in [9.17, 15) is 0 Å². The Morgan fingerprint density at radius 2 is 2.00 bits per heavy atom. The molecule has 2 heterocycles. The van der Waals surface area contributed by atoms with Crippen LogP contribution in [0.4, 0.5) is 0 Å². The SMILES string of the molecule is CC.CC(C)c1n[nH]c(C2CC2)n1.CCc1ncn(C)n1. The van der Waals surface area contributed by atoms with Crippen molar-refractivity contribution in [3.63, 3.8) is 0 Å². The first-order valence-corrected chi connectivity index (χ1v) is 7.86. The third-order valence-corrected chi connectivity index (χ3v) is 2.96. The minimum absolute atomic E-state index is 0.443. The molecule has 1 fully saturated rings. The average molecular weight is 292 g/mol. The fourth-order valence-electron chi connectivity index (χ4n) is 1.63. The molecule has 1 aliphatic carbocycles. The normalized spacial score (nSPS) is 13.3. The lowest BCUT2D eigenvalue weighted by Crippen LogP contribution is -1.89. The highest BCUT2D eigenvalue weighted by Gasteiger charge is 2.27. The minimum Gasteiger partial charge on any atom is -0.263 e. The zero-order chi connectivity index (χ0) is 15.8. The number of nitrogens with zero attached hydrogens (tertiary/aromatic N) is 5. The number of nitrogens with one attached hydrogen (secondary N) is 1. The van der Waals surface area contributed by atoms with Crippen molar-refractivity contribution in [3.05, 3.63) is 23.8 Å². The van der Waals surface area contributed by atoms with Gasteiger partial charge in [-0.25, -0.2) is 9.97 Å². The van der Waals surface area contributed by atoms with E-state index < -0.39 is 0 Å². The lowest BCUT2D eigenvalue weighted by molar-refractivity contribution is 0.746. The molecule has 0 radical (unpaired) electrons. The molecule has 1 aliphatic rings. The van der Waals surface area contributed by atoms with Gasteiger partial charge in [0, 0.05) is 25.3 Å². The highest BCUT2D eigenvalue weighted by Crippen LogP contribution is 2.38. The summed E-state index contributed by atoms with van der Waals surface area (Å²) in [6, 6.07) is 0. The Balaban J connectivity index is 0.000000196. The summed E-state index contributed by atoms with van der Waals surface area (Å²) in [5, 5.41) is 11.2. The van der Waals surface area contributed by atoms with Crippen LogP contribution >= 0.6 is 0 Å². The molecule has 0 amide bonds. The fourth-order valence-corrected chi connectivity index (χ4v) is 1.63. The number of hydrogen-bond donors (Lipinski definition) is 1. The molecule has 118 valence electrons. The van der Waals surface area contributed by atoms with Gasteiger partial charge in [0.2, 0.25) is 0 Å². The van der Waals surface area contributed by atoms with Gasteiger partial charge in [0.05, 0.1) is 0 Å². The van der Waals surface area contributed by atoms with Crippen LogP contribution in [0.5, 0.6) is 0 Å². The van der Waals surface area contributed by atoms with Gasteiger partial charge in [-0.3, -0.25) is 9.78 Å². The molecule has 6 heteroatoms. The molecule has 0 unspecified atom stereocenters. The minimum atomic E-state index is 0.443. The predicted molar refractivity (Wildman–Crippen MR) is 84.2 cm³/mol. The third-order valence-electron chi connectivity index (χ3n) is 2.96. The second kappa shape index (κ2) is 8.54. The summed E-state index contributed by atoms with van der Waals surface area (Å²) in [6.45, 7) is 10.3. The van der Waals surface area contributed by atoms with Crippen molar-refractivity contribution in [2.75, 3.05) is 0 Å². The summed E-state index contributed by atoms with van der Waals surface area (Å²) in [6.07, 6.45) is 5.19. The van der Waals surface area contributed by atoms with E-state index in [1.165, 1.54) is 12.8 Å². The van der Waals surface area contributed by atoms with E-state index in [0.29, 0.717) is 11.8 Å². The quantitative estimate of drug-likeness (QED) is 0.942. The van der Waals surface area contributed by atoms with Crippen LogP contribution in [0.3, 0.4) is 0 Å². The summed E-state index contributed by atoms with van der Waals surface area (Å²) >= 11 is 0. The Morgan fingerprint density at radius 3 is 2.33 bits per heavy atom. The van der Waals surface area contributed by atoms with E-state index in [-0.39, 0.29) is 0 Å². The zero-order valence-electron chi connectivity index (χ0n) is 14.1. The molecule has 0 atom stereocenters. The van der Waals surface area contributed by atoms with E-state index in [2.05, 4.69) is 39.1 Å². The van der Waals surface area contributed by atoms with Gasteiger partial charge in [-0.2, -0.15) is 10.2 Å². The topological polar surface area (TPSA) is 72.3 Å². The number of H-pyrrole nitrogens is 1. The summed E-state index contributed by atoms with van der Waals surface area (Å²) in [5.74, 6) is 4.09. The zero-order valence-corrected chi connectivity index (χ0v) is 14.1. The van der Waals surface area contributed by atoms with Gasteiger partial charge in [0.1, 0.15) is 18.0 Å². The molecule has 1 N–H and O–H groups in total. The fraction of sp³-hybridized carbons (Fsp3) is 0.733. The molecule has 3 rings (SSSR count). The molecular weight excluding hydrogens is 264 g/mol. The van der Waals surface area contributed by atoms with Gasteiger partial charge in [-0.05, 0) is 12.8 Å². The van der Waals surface area contributed by atoms with E-state index in [1.807, 2.05) is 27.8 Å². The van der Waals surface area contributed by atoms with Crippen LogP contribution in [-0.2, 0) is 13.5 Å². The largest absolute Gasteiger partial charge is 0.263 e. The standard InChI is InChI=1S/C8H13N3.C5H9N3.C2H6/c1-5(2)7-9-8(11-10-7)6-3-4-6;1-3-5-6-4-8(2)7-5;1-2/h5-6H,3-4H2,1-2H3,(H,9,10,11);4H,3H2,1-2H3;1-2H3. The van der Waals surface area contributed by atoms with Crippen molar-refractivity contribution in [2.45, 2.75) is 65.7 Å². The van der Waals surface area contributed by atoms with Crippen molar-refractivity contribution in [1.29, 1.82) is 0 Å². The average Bonchev–Trinajstić information content (AvgIpc) is 3.06. The molecule has 0 bridgehead atoms. The lowest BCUT2D eigenvalue weighted by atomic mass is 10.2. The summed E-state index contributed by atoms with van der Waals surface area (Å²) in [4.78, 5) is 8.39. The van der Waals surface area contributed by atoms with Crippen molar-refractivity contribution in [3.8, 4) is 0 Å². The van der Waals surface area contributed by atoms with E-state index >= 15 is 0 Å². The first-order chi connectivity index (χ1) is 10.1. The molecule has 0 spiro atoms. The van der Waals surface area contributed by atoms with Crippen LogP contribution < -0.4 is 0 Å². The van der Waals surface area contributed by atoms with Crippen LogP contribution in [0, 0.1) is 0 Å². The molecule has 0 saturated heterocycles. The molecule has 0 aromatic carbocycles. The molecular formula is C15H28N6. The maximum absolute atomic E-state index is 4.41. The lowest BCUT2D eigenvalue weighted by Gasteiger charge is -1.93. The van der Waals surface area contributed by atoms with Gasteiger partial charge in [-0.15, -0.1) is 0 Å². The second-order valence-corrected chi connectivity index (χ2v) is 5.20. The van der Waals surface area contributed by atoms with E-state index in [4.69, 9.17) is 0 Å². The highest BCUT2D eigenvalue weighted by molar-refractivity contribution is 5.06. The van der Waals surface area contributed by atoms with E-state index in [1.54, 1.807) is 11.0 Å². The number of aromatic amines is 1. The first-order valence-electron chi connectivity index (χ1n) is 7.86. The summed E-state index contributed by atoms with van der Waals surface area (Å²) < 4.78 is 1.71. The van der Waals surface area contributed by atoms with Crippen LogP contribution in [0.2, 0.25) is 0 Å². The molecule has 6 nitrogen and oxygen atoms in total. The number of rotatable bonds is 3. The number of aryl methyl sites for hydroxylation is 2. The van der Waals surface area contributed by atoms with Crippen molar-refractivity contribution >= 4 is 0 Å². The van der Waals surface area contributed by atoms with Gasteiger partial charge in [-0.1, -0.05) is 34.6 Å². The smallest absolute Gasteiger partial charge is 0.153 e. The predicted octanol–water partition coefficient (Wildman–Crippen LogP) is 3.21. The van der Waals surface area contributed by atoms with Crippen molar-refractivity contribution in [1.82, 2.24) is 29.9 Å². The first kappa shape index (κ1) is 17.3. The van der Waals surface area contributed by atoms with Crippen molar-refractivity contribution in [2.24, 2.45) is 7.05 Å². The van der Waals surface area contributed by atoms with Gasteiger partial charge >= 0.3 is 0 Å². The molecule has 21 heavy (non-hydrogen) atoms. The summed E-state index contributed by atoms with van der Waals surface area (Å²) in [7, 11) is 1.87. The Bertz CT molecular complexity index is 493. The van der Waals surface area contributed by atoms with Crippen molar-refractivity contribution < 1.29 is 0 Å². The van der Waals surface area contributed by atoms with Crippen LogP contribution in [-0.4, -0.2) is 29.9 Å². The maximum atomic E-state index is 4.41. The Kier molecular flexibility index (Phi) is 7.05. The monoisotopic (exact) mass is 292 g/mol. The van der Waals surface area contributed by atoms with E-state index in [0.717, 1.165) is 23.9 Å². The van der Waals surface area contributed by atoms with Crippen LogP contribution in [0.15, 0.2) is 6.33 Å². The molecule has 2 aromatic heterocycles. The highest BCUT2D eigenvalue weighted by atomic mass is 15.3. The Labute approximate surface area is 127 Å². The Morgan fingerprint density at radius 1 is 1.33 bits per heavy atom.